The van der Waals surface area contributed by atoms with E-state index in [1.54, 1.807) is 29.8 Å². The maximum atomic E-state index is 12.8. The molecule has 2 aromatic carbocycles. The van der Waals surface area contributed by atoms with Crippen LogP contribution < -0.4 is 9.47 Å². The lowest BCUT2D eigenvalue weighted by Crippen LogP contribution is -2.10. The Labute approximate surface area is 182 Å². The Morgan fingerprint density at radius 3 is 2.44 bits per heavy atom. The molecule has 170 valence electrons. The molecular formula is C22H22F3N3O4. The molecule has 0 radical (unpaired) electrons. The summed E-state index contributed by atoms with van der Waals surface area (Å²) in [6.45, 7) is 3.99. The van der Waals surface area contributed by atoms with Gasteiger partial charge in [-0.1, -0.05) is 19.1 Å². The smallest absolute Gasteiger partial charge is 0.416 e. The lowest BCUT2D eigenvalue weighted by Gasteiger charge is -2.10. The average Bonchev–Trinajstić information content (AvgIpc) is 3.14. The van der Waals surface area contributed by atoms with Crippen molar-refractivity contribution in [3.05, 3.63) is 59.4 Å². The van der Waals surface area contributed by atoms with Gasteiger partial charge in [0.05, 0.1) is 5.56 Å². The molecule has 32 heavy (non-hydrogen) atoms. The van der Waals surface area contributed by atoms with Crippen LogP contribution >= 0.6 is 0 Å². The number of benzene rings is 2. The number of aryl methyl sites for hydroxylation is 2. The number of hydrogen-bond donors (Lipinski definition) is 1. The number of aliphatic carboxylic acids is 1. The van der Waals surface area contributed by atoms with E-state index in [1.807, 2.05) is 6.92 Å². The van der Waals surface area contributed by atoms with Gasteiger partial charge in [-0.2, -0.15) is 18.3 Å². The van der Waals surface area contributed by atoms with Crippen molar-refractivity contribution in [2.24, 2.45) is 0 Å². The number of nitrogens with zero attached hydrogens (tertiary/aromatic N) is 3. The third kappa shape index (κ3) is 5.77. The molecular weight excluding hydrogens is 427 g/mol. The molecule has 0 aliphatic rings. The molecule has 0 saturated carbocycles. The summed E-state index contributed by atoms with van der Waals surface area (Å²) in [4.78, 5) is 15.1. The minimum atomic E-state index is -4.40. The number of carboxylic acid groups (broad SMARTS) is 1. The van der Waals surface area contributed by atoms with Gasteiger partial charge in [-0.3, -0.25) is 0 Å². The van der Waals surface area contributed by atoms with Gasteiger partial charge in [0.1, 0.15) is 18.1 Å². The van der Waals surface area contributed by atoms with Gasteiger partial charge in [0.15, 0.2) is 18.3 Å². The van der Waals surface area contributed by atoms with Gasteiger partial charge in [-0.05, 0) is 49.2 Å². The zero-order valence-electron chi connectivity index (χ0n) is 17.5. The highest BCUT2D eigenvalue weighted by atomic mass is 19.4. The monoisotopic (exact) mass is 449 g/mol. The van der Waals surface area contributed by atoms with Gasteiger partial charge in [0.2, 0.25) is 0 Å². The molecule has 7 nitrogen and oxygen atoms in total. The molecule has 0 amide bonds. The van der Waals surface area contributed by atoms with Crippen LogP contribution in [-0.2, 0) is 24.1 Å². The first kappa shape index (κ1) is 23.1. The molecule has 3 rings (SSSR count). The number of rotatable bonds is 9. The molecule has 0 unspecified atom stereocenters. The first-order valence-corrected chi connectivity index (χ1v) is 9.86. The van der Waals surface area contributed by atoms with Crippen molar-refractivity contribution in [2.45, 2.75) is 39.6 Å². The van der Waals surface area contributed by atoms with E-state index >= 15 is 0 Å². The molecule has 0 bridgehead atoms. The summed E-state index contributed by atoms with van der Waals surface area (Å²) >= 11 is 0. The predicted octanol–water partition coefficient (Wildman–Crippen LogP) is 4.72. The molecule has 0 atom stereocenters. The van der Waals surface area contributed by atoms with E-state index in [1.165, 1.54) is 12.1 Å². The SMILES string of the molecule is CCCn1nc(-c2ccc(C(F)(F)F)cc2)nc1COc1ccc(OCC(=O)O)c(C)c1. The van der Waals surface area contributed by atoms with Crippen molar-refractivity contribution in [3.63, 3.8) is 0 Å². The summed E-state index contributed by atoms with van der Waals surface area (Å²) in [5.74, 6) is 0.764. The maximum absolute atomic E-state index is 12.8. The molecule has 0 aliphatic heterocycles. The molecule has 0 spiro atoms. The maximum Gasteiger partial charge on any atom is 0.416 e. The predicted molar refractivity (Wildman–Crippen MR) is 109 cm³/mol. The molecule has 1 heterocycles. The molecule has 1 N–H and O–H groups in total. The van der Waals surface area contributed by atoms with Crippen molar-refractivity contribution >= 4 is 5.97 Å². The Morgan fingerprint density at radius 1 is 1.12 bits per heavy atom. The van der Waals surface area contributed by atoms with E-state index in [0.717, 1.165) is 18.6 Å². The van der Waals surface area contributed by atoms with Crippen LogP contribution in [0.1, 0.15) is 30.3 Å². The van der Waals surface area contributed by atoms with E-state index in [0.29, 0.717) is 40.8 Å². The third-order valence-corrected chi connectivity index (χ3v) is 4.52. The van der Waals surface area contributed by atoms with Crippen LogP contribution in [0.3, 0.4) is 0 Å². The van der Waals surface area contributed by atoms with E-state index < -0.39 is 24.3 Å². The zero-order chi connectivity index (χ0) is 23.3. The second-order valence-corrected chi connectivity index (χ2v) is 7.05. The van der Waals surface area contributed by atoms with Gasteiger partial charge >= 0.3 is 12.1 Å². The van der Waals surface area contributed by atoms with Crippen molar-refractivity contribution in [1.82, 2.24) is 14.8 Å². The van der Waals surface area contributed by atoms with Crippen LogP contribution in [-0.4, -0.2) is 32.4 Å². The van der Waals surface area contributed by atoms with Crippen molar-refractivity contribution < 1.29 is 32.5 Å². The van der Waals surface area contributed by atoms with Crippen molar-refractivity contribution in [3.8, 4) is 22.9 Å². The minimum absolute atomic E-state index is 0.0996. The zero-order valence-corrected chi connectivity index (χ0v) is 17.5. The average molecular weight is 449 g/mol. The first-order valence-electron chi connectivity index (χ1n) is 9.86. The lowest BCUT2D eigenvalue weighted by molar-refractivity contribution is -0.139. The van der Waals surface area contributed by atoms with Gasteiger partial charge in [-0.15, -0.1) is 0 Å². The Morgan fingerprint density at radius 2 is 1.84 bits per heavy atom. The molecule has 3 aromatic rings. The van der Waals surface area contributed by atoms with Gasteiger partial charge < -0.3 is 14.6 Å². The van der Waals surface area contributed by atoms with Crippen LogP contribution in [0.25, 0.3) is 11.4 Å². The van der Waals surface area contributed by atoms with Crippen LogP contribution in [0.2, 0.25) is 0 Å². The number of carbonyl (C=O) groups is 1. The summed E-state index contributed by atoms with van der Waals surface area (Å²) in [5.41, 5.74) is 0.457. The number of alkyl halides is 3. The minimum Gasteiger partial charge on any atom is -0.486 e. The van der Waals surface area contributed by atoms with Crippen LogP contribution in [0.4, 0.5) is 13.2 Å². The fourth-order valence-corrected chi connectivity index (χ4v) is 2.96. The highest BCUT2D eigenvalue weighted by Crippen LogP contribution is 2.30. The Hall–Kier alpha value is -3.56. The number of halogens is 3. The van der Waals surface area contributed by atoms with Crippen molar-refractivity contribution in [2.75, 3.05) is 6.61 Å². The summed E-state index contributed by atoms with van der Waals surface area (Å²) in [6, 6.07) is 9.69. The second kappa shape index (κ2) is 9.71. The summed E-state index contributed by atoms with van der Waals surface area (Å²) < 4.78 is 51.1. The second-order valence-electron chi connectivity index (χ2n) is 7.05. The third-order valence-electron chi connectivity index (χ3n) is 4.52. The molecule has 1 aromatic heterocycles. The van der Waals surface area contributed by atoms with Gasteiger partial charge in [0, 0.05) is 12.1 Å². The molecule has 10 heteroatoms. The number of ether oxygens (including phenoxy) is 2. The number of hydrogen-bond acceptors (Lipinski definition) is 5. The summed E-state index contributed by atoms with van der Waals surface area (Å²) in [7, 11) is 0. The fraction of sp³-hybridized carbons (Fsp3) is 0.318. The molecule has 0 saturated heterocycles. The van der Waals surface area contributed by atoms with Crippen molar-refractivity contribution in [1.29, 1.82) is 0 Å². The van der Waals surface area contributed by atoms with Crippen LogP contribution in [0, 0.1) is 6.92 Å². The van der Waals surface area contributed by atoms with Crippen LogP contribution in [0.15, 0.2) is 42.5 Å². The Bertz CT molecular complexity index is 1080. The highest BCUT2D eigenvalue weighted by Gasteiger charge is 2.30. The van der Waals surface area contributed by atoms with E-state index in [4.69, 9.17) is 14.6 Å². The standard InChI is InChI=1S/C22H22F3N3O4/c1-3-10-28-19(12-31-17-8-9-18(14(2)11-17)32-13-20(29)30)26-21(27-28)15-4-6-16(7-5-15)22(23,24)25/h4-9,11H,3,10,12-13H2,1-2H3,(H,29,30). The first-order chi connectivity index (χ1) is 15.2. The largest absolute Gasteiger partial charge is 0.486 e. The molecule has 0 fully saturated rings. The lowest BCUT2D eigenvalue weighted by atomic mass is 10.1. The topological polar surface area (TPSA) is 86.5 Å². The highest BCUT2D eigenvalue weighted by molar-refractivity contribution is 5.68. The van der Waals surface area contributed by atoms with Gasteiger partial charge in [0.25, 0.3) is 0 Å². The van der Waals surface area contributed by atoms with Crippen LogP contribution in [0.5, 0.6) is 11.5 Å². The van der Waals surface area contributed by atoms with Gasteiger partial charge in [-0.25, -0.2) is 14.5 Å². The normalized spacial score (nSPS) is 11.4. The Balaban J connectivity index is 1.74. The fourth-order valence-electron chi connectivity index (χ4n) is 2.96. The Kier molecular flexibility index (Phi) is 7.01. The number of aromatic nitrogens is 3. The van der Waals surface area contributed by atoms with E-state index in [-0.39, 0.29) is 6.61 Å². The van der Waals surface area contributed by atoms with E-state index in [9.17, 15) is 18.0 Å². The molecule has 0 aliphatic carbocycles. The summed E-state index contributed by atoms with van der Waals surface area (Å²) in [6.07, 6.45) is -3.61. The quantitative estimate of drug-likeness (QED) is 0.509. The van der Waals surface area contributed by atoms with E-state index in [2.05, 4.69) is 10.1 Å². The summed E-state index contributed by atoms with van der Waals surface area (Å²) in [5, 5.41) is 13.1. The number of carboxylic acids is 1.